The zero-order chi connectivity index (χ0) is 15.2. The second-order valence-electron chi connectivity index (χ2n) is 5.03. The molecule has 4 nitrogen and oxygen atoms in total. The van der Waals surface area contributed by atoms with Gasteiger partial charge < -0.3 is 15.7 Å². The van der Waals surface area contributed by atoms with Crippen LogP contribution in [0.2, 0.25) is 0 Å². The summed E-state index contributed by atoms with van der Waals surface area (Å²) in [7, 11) is 1.91. The maximum Gasteiger partial charge on any atom is 0.228 e. The molecule has 0 saturated carbocycles. The van der Waals surface area contributed by atoms with Gasteiger partial charge in [-0.05, 0) is 49.4 Å². The average Bonchev–Trinajstić information content (AvgIpc) is 2.47. The number of benzene rings is 2. The van der Waals surface area contributed by atoms with E-state index in [1.165, 1.54) is 5.56 Å². The van der Waals surface area contributed by atoms with Crippen LogP contribution in [0.1, 0.15) is 24.1 Å². The van der Waals surface area contributed by atoms with Crippen molar-refractivity contribution >= 4 is 11.6 Å². The molecule has 0 spiro atoms. The highest BCUT2D eigenvalue weighted by atomic mass is 16.3. The molecule has 2 rings (SSSR count). The smallest absolute Gasteiger partial charge is 0.228 e. The number of phenolic OH excluding ortho intramolecular Hbond substituents is 1. The predicted octanol–water partition coefficient (Wildman–Crippen LogP) is 2.85. The van der Waals surface area contributed by atoms with E-state index in [9.17, 15) is 9.90 Å². The highest BCUT2D eigenvalue weighted by molar-refractivity contribution is 5.92. The molecule has 0 aliphatic rings. The SMILES string of the molecule is CNC(C)c1ccc(NC(=O)Cc2cccc(O)c2)cc1. The third-order valence-electron chi connectivity index (χ3n) is 3.40. The Bertz CT molecular complexity index is 608. The molecule has 1 atom stereocenters. The van der Waals surface area contributed by atoms with E-state index in [0.717, 1.165) is 11.3 Å². The molecule has 0 radical (unpaired) electrons. The average molecular weight is 284 g/mol. The molecule has 4 heteroatoms. The van der Waals surface area contributed by atoms with Gasteiger partial charge in [0.05, 0.1) is 6.42 Å². The van der Waals surface area contributed by atoms with Crippen LogP contribution in [0, 0.1) is 0 Å². The molecule has 0 aliphatic heterocycles. The molecule has 3 N–H and O–H groups in total. The molecule has 0 fully saturated rings. The minimum absolute atomic E-state index is 0.102. The monoisotopic (exact) mass is 284 g/mol. The highest BCUT2D eigenvalue weighted by Crippen LogP contribution is 2.16. The van der Waals surface area contributed by atoms with Crippen molar-refractivity contribution < 1.29 is 9.90 Å². The summed E-state index contributed by atoms with van der Waals surface area (Å²) in [6, 6.07) is 14.8. The van der Waals surface area contributed by atoms with Crippen LogP contribution in [0.3, 0.4) is 0 Å². The van der Waals surface area contributed by atoms with Crippen LogP contribution in [-0.4, -0.2) is 18.1 Å². The highest BCUT2D eigenvalue weighted by Gasteiger charge is 2.06. The van der Waals surface area contributed by atoms with Gasteiger partial charge in [0.15, 0.2) is 0 Å². The van der Waals surface area contributed by atoms with Crippen LogP contribution in [-0.2, 0) is 11.2 Å². The van der Waals surface area contributed by atoms with Crippen LogP contribution in [0.4, 0.5) is 5.69 Å². The molecule has 0 bridgehead atoms. The van der Waals surface area contributed by atoms with E-state index in [0.29, 0.717) is 0 Å². The molecule has 0 aromatic heterocycles. The predicted molar refractivity (Wildman–Crippen MR) is 84.4 cm³/mol. The lowest BCUT2D eigenvalue weighted by atomic mass is 10.1. The number of phenols is 1. The molecular weight excluding hydrogens is 264 g/mol. The topological polar surface area (TPSA) is 61.4 Å². The third kappa shape index (κ3) is 4.33. The summed E-state index contributed by atoms with van der Waals surface area (Å²) in [5, 5.41) is 15.4. The number of aromatic hydroxyl groups is 1. The van der Waals surface area contributed by atoms with E-state index >= 15 is 0 Å². The van der Waals surface area contributed by atoms with Crippen molar-refractivity contribution in [3.05, 3.63) is 59.7 Å². The van der Waals surface area contributed by atoms with Crippen molar-refractivity contribution in [1.82, 2.24) is 5.32 Å². The van der Waals surface area contributed by atoms with Crippen LogP contribution in [0.5, 0.6) is 5.75 Å². The summed E-state index contributed by atoms with van der Waals surface area (Å²) in [5.41, 5.74) is 2.73. The van der Waals surface area contributed by atoms with Crippen molar-refractivity contribution in [3.8, 4) is 5.75 Å². The zero-order valence-corrected chi connectivity index (χ0v) is 12.3. The van der Waals surface area contributed by atoms with E-state index in [-0.39, 0.29) is 24.1 Å². The maximum absolute atomic E-state index is 12.0. The van der Waals surface area contributed by atoms with Crippen molar-refractivity contribution in [3.63, 3.8) is 0 Å². The van der Waals surface area contributed by atoms with Crippen LogP contribution in [0.25, 0.3) is 0 Å². The van der Waals surface area contributed by atoms with Gasteiger partial charge in [-0.3, -0.25) is 4.79 Å². The van der Waals surface area contributed by atoms with Gasteiger partial charge in [-0.1, -0.05) is 24.3 Å². The number of rotatable bonds is 5. The number of carbonyl (C=O) groups is 1. The molecule has 0 heterocycles. The Morgan fingerprint density at radius 3 is 2.52 bits per heavy atom. The molecule has 21 heavy (non-hydrogen) atoms. The Hall–Kier alpha value is -2.33. The van der Waals surface area contributed by atoms with Gasteiger partial charge >= 0.3 is 0 Å². The second kappa shape index (κ2) is 6.90. The summed E-state index contributed by atoms with van der Waals surface area (Å²) < 4.78 is 0. The van der Waals surface area contributed by atoms with Crippen LogP contribution in [0.15, 0.2) is 48.5 Å². The van der Waals surface area contributed by atoms with Gasteiger partial charge in [0.25, 0.3) is 0 Å². The van der Waals surface area contributed by atoms with E-state index < -0.39 is 0 Å². The quantitative estimate of drug-likeness (QED) is 0.791. The summed E-state index contributed by atoms with van der Waals surface area (Å²) in [5.74, 6) is 0.0701. The van der Waals surface area contributed by atoms with E-state index in [2.05, 4.69) is 17.6 Å². The number of hydrogen-bond acceptors (Lipinski definition) is 3. The number of anilines is 1. The summed E-state index contributed by atoms with van der Waals surface area (Å²) in [6.07, 6.45) is 0.239. The first kappa shape index (κ1) is 15.1. The molecule has 2 aromatic carbocycles. The first-order valence-electron chi connectivity index (χ1n) is 6.93. The Balaban J connectivity index is 1.96. The lowest BCUT2D eigenvalue weighted by Crippen LogP contribution is -2.15. The molecule has 0 aliphatic carbocycles. The van der Waals surface area contributed by atoms with Gasteiger partial charge in [0.1, 0.15) is 5.75 Å². The van der Waals surface area contributed by atoms with Gasteiger partial charge in [0.2, 0.25) is 5.91 Å². The normalized spacial score (nSPS) is 11.9. The minimum Gasteiger partial charge on any atom is -0.508 e. The lowest BCUT2D eigenvalue weighted by molar-refractivity contribution is -0.115. The van der Waals surface area contributed by atoms with Crippen molar-refractivity contribution in [1.29, 1.82) is 0 Å². The summed E-state index contributed by atoms with van der Waals surface area (Å²) in [6.45, 7) is 2.08. The molecule has 1 unspecified atom stereocenters. The zero-order valence-electron chi connectivity index (χ0n) is 12.3. The van der Waals surface area contributed by atoms with Gasteiger partial charge in [-0.25, -0.2) is 0 Å². The number of amides is 1. The Morgan fingerprint density at radius 2 is 1.90 bits per heavy atom. The first-order valence-corrected chi connectivity index (χ1v) is 6.93. The second-order valence-corrected chi connectivity index (χ2v) is 5.03. The fraction of sp³-hybridized carbons (Fsp3) is 0.235. The standard InChI is InChI=1S/C17H20N2O2/c1-12(18-2)14-6-8-15(9-7-14)19-17(21)11-13-4-3-5-16(20)10-13/h3-10,12,18,20H,11H2,1-2H3,(H,19,21). The van der Waals surface area contributed by atoms with Gasteiger partial charge in [0, 0.05) is 11.7 Å². The van der Waals surface area contributed by atoms with Crippen LogP contribution < -0.4 is 10.6 Å². The third-order valence-corrected chi connectivity index (χ3v) is 3.40. The van der Waals surface area contributed by atoms with E-state index in [1.54, 1.807) is 18.2 Å². The molecule has 2 aromatic rings. The Morgan fingerprint density at radius 1 is 1.19 bits per heavy atom. The fourth-order valence-corrected chi connectivity index (χ4v) is 2.08. The minimum atomic E-state index is -0.102. The number of nitrogens with one attached hydrogen (secondary N) is 2. The van der Waals surface area contributed by atoms with E-state index in [4.69, 9.17) is 0 Å². The molecular formula is C17H20N2O2. The first-order chi connectivity index (χ1) is 10.1. The molecule has 110 valence electrons. The number of carbonyl (C=O) groups excluding carboxylic acids is 1. The summed E-state index contributed by atoms with van der Waals surface area (Å²) in [4.78, 5) is 12.0. The van der Waals surface area contributed by atoms with Crippen molar-refractivity contribution in [2.45, 2.75) is 19.4 Å². The van der Waals surface area contributed by atoms with Crippen molar-refractivity contribution in [2.75, 3.05) is 12.4 Å². The van der Waals surface area contributed by atoms with Crippen LogP contribution >= 0.6 is 0 Å². The Kier molecular flexibility index (Phi) is 4.95. The molecule has 0 saturated heterocycles. The van der Waals surface area contributed by atoms with E-state index in [1.807, 2.05) is 37.4 Å². The fourth-order valence-electron chi connectivity index (χ4n) is 2.08. The van der Waals surface area contributed by atoms with Gasteiger partial charge in [-0.2, -0.15) is 0 Å². The van der Waals surface area contributed by atoms with Gasteiger partial charge in [-0.15, -0.1) is 0 Å². The van der Waals surface area contributed by atoms with Crippen molar-refractivity contribution in [2.24, 2.45) is 0 Å². The largest absolute Gasteiger partial charge is 0.508 e. The number of hydrogen-bond donors (Lipinski definition) is 3. The summed E-state index contributed by atoms with van der Waals surface area (Å²) >= 11 is 0. The maximum atomic E-state index is 12.0. The molecule has 1 amide bonds. The Labute approximate surface area is 124 Å². The lowest BCUT2D eigenvalue weighted by Gasteiger charge is -2.11.